The van der Waals surface area contributed by atoms with Gasteiger partial charge >= 0.3 is 6.09 Å². The number of hydrogen-bond donors (Lipinski definition) is 1. The van der Waals surface area contributed by atoms with E-state index in [1.807, 2.05) is 27.7 Å². The van der Waals surface area contributed by atoms with Gasteiger partial charge in [0.25, 0.3) is 16.1 Å². The number of halogens is 1. The normalized spacial score (nSPS) is 22.5. The van der Waals surface area contributed by atoms with E-state index in [9.17, 15) is 22.4 Å². The molecule has 4 fully saturated rings. The number of rotatable bonds is 11. The van der Waals surface area contributed by atoms with Gasteiger partial charge in [-0.15, -0.1) is 0 Å². The van der Waals surface area contributed by atoms with Crippen molar-refractivity contribution in [2.75, 3.05) is 63.8 Å². The van der Waals surface area contributed by atoms with Crippen LogP contribution in [0.1, 0.15) is 90.9 Å². The number of nitrogens with one attached hydrogen (secondary N) is 1. The SMILES string of the molecule is CC(C)N(C(=O)c1cc(F)ccc1Oc1cncnc1N1CC[C@@H](CN2CC3(CCN(S(=O)(=O)N4CCC[C@@H](NC(=O)OC(C)(C)C)C4)CC3)C2)C1)C(C)C. The summed E-state index contributed by atoms with van der Waals surface area (Å²) in [5.74, 6) is 0.899. The maximum absolute atomic E-state index is 14.4. The van der Waals surface area contributed by atoms with Gasteiger partial charge in [-0.05, 0) is 110 Å². The number of anilines is 1. The largest absolute Gasteiger partial charge is 0.451 e. The van der Waals surface area contributed by atoms with Crippen LogP contribution in [0.15, 0.2) is 30.7 Å². The molecule has 2 atom stereocenters. The van der Waals surface area contributed by atoms with E-state index in [1.54, 1.807) is 36.2 Å². The molecule has 0 radical (unpaired) electrons. The van der Waals surface area contributed by atoms with Crippen LogP contribution in [0.2, 0.25) is 0 Å². The first-order valence-electron chi connectivity index (χ1n) is 19.8. The Morgan fingerprint density at radius 2 is 1.71 bits per heavy atom. The van der Waals surface area contributed by atoms with E-state index in [0.29, 0.717) is 50.0 Å². The molecular formula is C39H59FN8O6S. The molecule has 1 aromatic carbocycles. The number of benzene rings is 1. The van der Waals surface area contributed by atoms with Crippen LogP contribution in [-0.4, -0.2) is 131 Å². The molecule has 6 rings (SSSR count). The minimum absolute atomic E-state index is 0.0820. The van der Waals surface area contributed by atoms with E-state index < -0.39 is 27.7 Å². The van der Waals surface area contributed by atoms with Gasteiger partial charge in [-0.1, -0.05) is 0 Å². The summed E-state index contributed by atoms with van der Waals surface area (Å²) in [7, 11) is -3.63. The Kier molecular flexibility index (Phi) is 12.3. The highest BCUT2D eigenvalue weighted by atomic mass is 32.2. The van der Waals surface area contributed by atoms with Gasteiger partial charge < -0.3 is 29.5 Å². The highest BCUT2D eigenvalue weighted by Gasteiger charge is 2.48. The van der Waals surface area contributed by atoms with Gasteiger partial charge in [0, 0.05) is 77.0 Å². The fourth-order valence-electron chi connectivity index (χ4n) is 8.69. The van der Waals surface area contributed by atoms with Gasteiger partial charge in [-0.25, -0.2) is 19.2 Å². The third kappa shape index (κ3) is 9.69. The molecular weight excluding hydrogens is 728 g/mol. The topological polar surface area (TPSA) is 141 Å². The molecule has 14 nitrogen and oxygen atoms in total. The zero-order valence-electron chi connectivity index (χ0n) is 33.5. The van der Waals surface area contributed by atoms with Crippen molar-refractivity contribution in [3.8, 4) is 11.5 Å². The Morgan fingerprint density at radius 1 is 1.00 bits per heavy atom. The number of amides is 2. The van der Waals surface area contributed by atoms with Crippen molar-refractivity contribution in [3.05, 3.63) is 42.1 Å². The Balaban J connectivity index is 0.999. The Labute approximate surface area is 325 Å². The lowest BCUT2D eigenvalue weighted by atomic mass is 9.72. The first-order valence-corrected chi connectivity index (χ1v) is 21.1. The summed E-state index contributed by atoms with van der Waals surface area (Å²) in [4.78, 5) is 41.1. The van der Waals surface area contributed by atoms with Gasteiger partial charge in [-0.3, -0.25) is 4.79 Å². The highest BCUT2D eigenvalue weighted by molar-refractivity contribution is 7.86. The zero-order valence-corrected chi connectivity index (χ0v) is 34.3. The van der Waals surface area contributed by atoms with E-state index in [0.717, 1.165) is 52.0 Å². The summed E-state index contributed by atoms with van der Waals surface area (Å²) in [5, 5.41) is 2.86. The smallest absolute Gasteiger partial charge is 0.407 e. The number of carbonyl (C=O) groups excluding carboxylic acids is 2. The van der Waals surface area contributed by atoms with Crippen molar-refractivity contribution in [1.82, 2.24) is 33.7 Å². The fourth-order valence-corrected chi connectivity index (χ4v) is 10.4. The molecule has 16 heteroatoms. The molecule has 0 unspecified atom stereocenters. The average Bonchev–Trinajstić information content (AvgIpc) is 3.56. The van der Waals surface area contributed by atoms with Crippen LogP contribution in [0.3, 0.4) is 0 Å². The first kappa shape index (κ1) is 41.0. The molecule has 1 spiro atoms. The minimum Gasteiger partial charge on any atom is -0.451 e. The second-order valence-corrected chi connectivity index (χ2v) is 19.3. The van der Waals surface area contributed by atoms with Gasteiger partial charge in [0.1, 0.15) is 23.5 Å². The molecule has 304 valence electrons. The van der Waals surface area contributed by atoms with Gasteiger partial charge in [0.05, 0.1) is 11.8 Å². The van der Waals surface area contributed by atoms with E-state index in [1.165, 1.54) is 28.8 Å². The summed E-state index contributed by atoms with van der Waals surface area (Å²) < 4.78 is 56.6. The summed E-state index contributed by atoms with van der Waals surface area (Å²) in [6.07, 6.45) is 6.59. The number of nitrogens with zero attached hydrogens (tertiary/aromatic N) is 7. The molecule has 0 bridgehead atoms. The predicted octanol–water partition coefficient (Wildman–Crippen LogP) is 5.13. The second kappa shape index (κ2) is 16.5. The third-order valence-corrected chi connectivity index (χ3v) is 13.2. The molecule has 4 aliphatic heterocycles. The van der Waals surface area contributed by atoms with Crippen molar-refractivity contribution in [2.45, 2.75) is 104 Å². The maximum Gasteiger partial charge on any atom is 0.407 e. The number of likely N-dealkylation sites (tertiary alicyclic amines) is 1. The van der Waals surface area contributed by atoms with Crippen molar-refractivity contribution in [2.24, 2.45) is 11.3 Å². The van der Waals surface area contributed by atoms with E-state index >= 15 is 0 Å². The van der Waals surface area contributed by atoms with Gasteiger partial charge in [-0.2, -0.15) is 17.0 Å². The Morgan fingerprint density at radius 3 is 2.38 bits per heavy atom. The predicted molar refractivity (Wildman–Crippen MR) is 208 cm³/mol. The molecule has 1 aromatic heterocycles. The highest BCUT2D eigenvalue weighted by Crippen LogP contribution is 2.43. The minimum atomic E-state index is -3.63. The molecule has 5 heterocycles. The van der Waals surface area contributed by atoms with Gasteiger partial charge in [0.2, 0.25) is 0 Å². The number of aromatic nitrogens is 2. The van der Waals surface area contributed by atoms with Crippen molar-refractivity contribution >= 4 is 28.0 Å². The lowest BCUT2D eigenvalue weighted by Crippen LogP contribution is -2.62. The van der Waals surface area contributed by atoms with Crippen LogP contribution in [0, 0.1) is 17.2 Å². The Hall–Kier alpha value is -3.60. The monoisotopic (exact) mass is 786 g/mol. The van der Waals surface area contributed by atoms with Crippen LogP contribution in [0.25, 0.3) is 0 Å². The third-order valence-electron chi connectivity index (χ3n) is 11.2. The van der Waals surface area contributed by atoms with Crippen LogP contribution in [0.4, 0.5) is 15.0 Å². The number of alkyl carbamates (subject to hydrolysis) is 1. The molecule has 0 saturated carbocycles. The molecule has 2 aromatic rings. The van der Waals surface area contributed by atoms with Crippen LogP contribution < -0.4 is 15.0 Å². The van der Waals surface area contributed by atoms with E-state index in [-0.39, 0.29) is 47.3 Å². The zero-order chi connectivity index (χ0) is 39.7. The molecule has 4 saturated heterocycles. The van der Waals surface area contributed by atoms with E-state index in [2.05, 4.69) is 25.1 Å². The van der Waals surface area contributed by atoms with Crippen LogP contribution in [0.5, 0.6) is 11.5 Å². The quantitative estimate of drug-likeness (QED) is 0.326. The molecule has 2 amide bonds. The van der Waals surface area contributed by atoms with Crippen LogP contribution >= 0.6 is 0 Å². The summed E-state index contributed by atoms with van der Waals surface area (Å²) in [5.41, 5.74) is -0.336. The van der Waals surface area contributed by atoms with Crippen LogP contribution in [-0.2, 0) is 14.9 Å². The number of ether oxygens (including phenoxy) is 2. The average molecular weight is 787 g/mol. The number of hydrogen-bond acceptors (Lipinski definition) is 10. The van der Waals surface area contributed by atoms with Crippen molar-refractivity contribution < 1.29 is 31.9 Å². The lowest BCUT2D eigenvalue weighted by Gasteiger charge is -2.54. The fraction of sp³-hybridized carbons (Fsp3) is 0.692. The van der Waals surface area contributed by atoms with E-state index in [4.69, 9.17) is 9.47 Å². The molecule has 1 N–H and O–H groups in total. The lowest BCUT2D eigenvalue weighted by molar-refractivity contribution is -0.0414. The summed E-state index contributed by atoms with van der Waals surface area (Å²) in [6.45, 7) is 19.3. The van der Waals surface area contributed by atoms with Crippen molar-refractivity contribution in [3.63, 3.8) is 0 Å². The Bertz CT molecular complexity index is 1780. The molecule has 0 aliphatic carbocycles. The standard InChI is InChI=1S/C39H59FN8O6S/c1-27(2)48(28(3)4)36(49)32-19-30(40)10-11-33(32)53-34-20-41-26-42-35(34)45-16-12-29(22-45)21-44-24-39(25-44)13-17-46(18-14-39)55(51,52)47-15-8-9-31(23-47)43-37(50)54-38(5,6)7/h10-11,19-20,26-29,31H,8-9,12-18,21-25H2,1-7H3,(H,43,50)/t29-,31+/m0/s1. The summed E-state index contributed by atoms with van der Waals surface area (Å²) in [6, 6.07) is 3.56. The second-order valence-electron chi connectivity index (χ2n) is 17.4. The van der Waals surface area contributed by atoms with Gasteiger partial charge in [0.15, 0.2) is 11.6 Å². The summed E-state index contributed by atoms with van der Waals surface area (Å²) >= 11 is 0. The molecule has 55 heavy (non-hydrogen) atoms. The number of carbonyl (C=O) groups is 2. The molecule has 4 aliphatic rings. The number of piperidine rings is 2. The maximum atomic E-state index is 14.4. The first-order chi connectivity index (χ1) is 25.9. The van der Waals surface area contributed by atoms with Crippen molar-refractivity contribution in [1.29, 1.82) is 0 Å².